The summed E-state index contributed by atoms with van der Waals surface area (Å²) in [7, 11) is 0. The molecule has 0 radical (unpaired) electrons. The van der Waals surface area contributed by atoms with Gasteiger partial charge in [-0.1, -0.05) is 12.1 Å². The quantitative estimate of drug-likeness (QED) is 0.350. The van der Waals surface area contributed by atoms with Gasteiger partial charge in [-0.3, -0.25) is 0 Å². The van der Waals surface area contributed by atoms with Crippen molar-refractivity contribution in [2.24, 2.45) is 0 Å². The lowest BCUT2D eigenvalue weighted by atomic mass is 10.1. The van der Waals surface area contributed by atoms with E-state index in [1.165, 1.54) is 4.90 Å². The lowest BCUT2D eigenvalue weighted by molar-refractivity contribution is -0.122. The molecule has 4 heterocycles. The van der Waals surface area contributed by atoms with Crippen molar-refractivity contribution in [2.45, 2.75) is 6.18 Å². The van der Waals surface area contributed by atoms with Crippen molar-refractivity contribution in [3.05, 3.63) is 61.1 Å². The van der Waals surface area contributed by atoms with Crippen molar-refractivity contribution < 1.29 is 27.9 Å². The van der Waals surface area contributed by atoms with E-state index in [1.54, 1.807) is 52.7 Å². The highest BCUT2D eigenvalue weighted by Gasteiger charge is 2.27. The predicted octanol–water partition coefficient (Wildman–Crippen LogP) is 3.94. The molecule has 0 aliphatic carbocycles. The van der Waals surface area contributed by atoms with Gasteiger partial charge in [0.05, 0.1) is 18.1 Å². The highest BCUT2D eigenvalue weighted by Crippen LogP contribution is 2.26. The molecule has 3 aromatic heterocycles. The van der Waals surface area contributed by atoms with Crippen molar-refractivity contribution in [1.82, 2.24) is 29.8 Å². The Balaban J connectivity index is 1.29. The number of carbonyl (C=O) groups is 2. The number of fused-ring (bicyclic) bond motifs is 1. The standard InChI is InChI=1S/C25H23F3N8O3/c26-25(27,28)15-31-23(37)33-19-3-1-2-16(10-19)20-14-30-22-11-18(13-32-36(20)22)17-4-5-21(29-12-17)34-6-8-35(9-7-34)24(38)39/h1-5,10-14H,6-9,15H2,(H,38,39)(H2,31,33,37). The highest BCUT2D eigenvalue weighted by atomic mass is 19.4. The Kier molecular flexibility index (Phi) is 6.92. The summed E-state index contributed by atoms with van der Waals surface area (Å²) in [6, 6.07) is 11.3. The van der Waals surface area contributed by atoms with E-state index in [1.807, 2.05) is 23.1 Å². The minimum Gasteiger partial charge on any atom is -0.465 e. The molecular weight excluding hydrogens is 517 g/mol. The van der Waals surface area contributed by atoms with Gasteiger partial charge in [0, 0.05) is 54.8 Å². The molecule has 39 heavy (non-hydrogen) atoms. The van der Waals surface area contributed by atoms with Crippen molar-refractivity contribution in [3.63, 3.8) is 0 Å². The van der Waals surface area contributed by atoms with Gasteiger partial charge in [-0.2, -0.15) is 18.3 Å². The molecule has 3 N–H and O–H groups in total. The molecule has 1 fully saturated rings. The lowest BCUT2D eigenvalue weighted by Crippen LogP contribution is -2.48. The van der Waals surface area contributed by atoms with E-state index in [0.29, 0.717) is 48.8 Å². The van der Waals surface area contributed by atoms with Crippen molar-refractivity contribution >= 4 is 29.3 Å². The molecule has 4 aromatic rings. The van der Waals surface area contributed by atoms with Crippen molar-refractivity contribution in [3.8, 4) is 22.4 Å². The number of rotatable bonds is 5. The van der Waals surface area contributed by atoms with Crippen LogP contribution in [-0.2, 0) is 0 Å². The average molecular weight is 541 g/mol. The molecule has 3 amide bonds. The Morgan fingerprint density at radius 1 is 0.923 bits per heavy atom. The fourth-order valence-electron chi connectivity index (χ4n) is 4.21. The number of halogens is 3. The first kappa shape index (κ1) is 25.8. The summed E-state index contributed by atoms with van der Waals surface area (Å²) in [5, 5.41) is 17.8. The Bertz CT molecular complexity index is 1500. The Labute approximate surface area is 219 Å². The van der Waals surface area contributed by atoms with Crippen LogP contribution in [0, 0.1) is 0 Å². The minimum absolute atomic E-state index is 0.314. The third kappa shape index (κ3) is 6.00. The third-order valence-electron chi connectivity index (χ3n) is 6.18. The van der Waals surface area contributed by atoms with Crippen molar-refractivity contribution in [2.75, 3.05) is 42.9 Å². The zero-order chi connectivity index (χ0) is 27.6. The van der Waals surface area contributed by atoms with Crippen LogP contribution in [0.2, 0.25) is 0 Å². The second kappa shape index (κ2) is 10.5. The van der Waals surface area contributed by atoms with Gasteiger partial charge < -0.3 is 25.5 Å². The maximum atomic E-state index is 12.3. The number of piperazine rings is 1. The monoisotopic (exact) mass is 540 g/mol. The Morgan fingerprint density at radius 3 is 2.41 bits per heavy atom. The van der Waals surface area contributed by atoms with Crippen LogP contribution in [0.3, 0.4) is 0 Å². The second-order valence-corrected chi connectivity index (χ2v) is 8.82. The van der Waals surface area contributed by atoms with Gasteiger partial charge in [-0.05, 0) is 30.3 Å². The van der Waals surface area contributed by atoms with Gasteiger partial charge >= 0.3 is 18.3 Å². The summed E-state index contributed by atoms with van der Waals surface area (Å²) in [5.74, 6) is 0.765. The zero-order valence-electron chi connectivity index (χ0n) is 20.4. The van der Waals surface area contributed by atoms with E-state index in [4.69, 9.17) is 5.11 Å². The largest absolute Gasteiger partial charge is 0.465 e. The topological polar surface area (TPSA) is 128 Å². The van der Waals surface area contributed by atoms with Gasteiger partial charge in [-0.25, -0.2) is 24.1 Å². The first-order valence-electron chi connectivity index (χ1n) is 11.9. The minimum atomic E-state index is -4.50. The van der Waals surface area contributed by atoms with E-state index in [9.17, 15) is 22.8 Å². The molecule has 1 aromatic carbocycles. The summed E-state index contributed by atoms with van der Waals surface area (Å²) in [6.07, 6.45) is -0.396. The maximum Gasteiger partial charge on any atom is 0.407 e. The third-order valence-corrected chi connectivity index (χ3v) is 6.18. The number of hydrogen-bond donors (Lipinski definition) is 3. The van der Waals surface area contributed by atoms with Gasteiger partial charge in [0.1, 0.15) is 12.4 Å². The van der Waals surface area contributed by atoms with Crippen LogP contribution in [0.25, 0.3) is 28.0 Å². The molecule has 0 atom stereocenters. The van der Waals surface area contributed by atoms with Crippen LogP contribution in [-0.4, -0.2) is 80.6 Å². The Hall–Kier alpha value is -4.88. The molecule has 1 saturated heterocycles. The lowest BCUT2D eigenvalue weighted by Gasteiger charge is -2.33. The van der Waals surface area contributed by atoms with Crippen LogP contribution in [0.4, 0.5) is 34.3 Å². The van der Waals surface area contributed by atoms with Crippen LogP contribution in [0.5, 0.6) is 0 Å². The molecule has 1 aliphatic rings. The molecule has 1 aliphatic heterocycles. The van der Waals surface area contributed by atoms with E-state index in [2.05, 4.69) is 20.4 Å². The molecule has 11 nitrogen and oxygen atoms in total. The predicted molar refractivity (Wildman–Crippen MR) is 137 cm³/mol. The molecule has 5 rings (SSSR count). The van der Waals surface area contributed by atoms with E-state index >= 15 is 0 Å². The molecule has 0 spiro atoms. The van der Waals surface area contributed by atoms with Gasteiger partial charge in [0.25, 0.3) is 0 Å². The first-order chi connectivity index (χ1) is 18.7. The summed E-state index contributed by atoms with van der Waals surface area (Å²) in [4.78, 5) is 35.3. The summed E-state index contributed by atoms with van der Waals surface area (Å²) in [5.41, 5.74) is 3.80. The average Bonchev–Trinajstić information content (AvgIpc) is 3.35. The van der Waals surface area contributed by atoms with Crippen LogP contribution in [0.1, 0.15) is 0 Å². The number of benzene rings is 1. The number of anilines is 2. The smallest absolute Gasteiger partial charge is 0.407 e. The van der Waals surface area contributed by atoms with Crippen LogP contribution < -0.4 is 15.5 Å². The fraction of sp³-hybridized carbons (Fsp3) is 0.240. The zero-order valence-corrected chi connectivity index (χ0v) is 20.4. The highest BCUT2D eigenvalue weighted by molar-refractivity contribution is 5.90. The number of alkyl halides is 3. The number of imidazole rings is 1. The SMILES string of the molecule is O=C(NCC(F)(F)F)Nc1cccc(-c2cnc3cc(-c4ccc(N5CCN(C(=O)O)CC5)nc4)cnn23)c1. The molecule has 0 unspecified atom stereocenters. The fourth-order valence-corrected chi connectivity index (χ4v) is 4.21. The van der Waals surface area contributed by atoms with E-state index in [-0.39, 0.29) is 0 Å². The van der Waals surface area contributed by atoms with E-state index in [0.717, 1.165) is 16.9 Å². The summed E-state index contributed by atoms with van der Waals surface area (Å²) < 4.78 is 38.6. The molecular formula is C25H23F3N8O3. The normalized spacial score (nSPS) is 13.9. The number of aromatic nitrogens is 4. The number of urea groups is 1. The van der Waals surface area contributed by atoms with Crippen LogP contribution in [0.15, 0.2) is 61.1 Å². The van der Waals surface area contributed by atoms with Gasteiger partial charge in [0.2, 0.25) is 0 Å². The molecule has 0 bridgehead atoms. The summed E-state index contributed by atoms with van der Waals surface area (Å²) >= 11 is 0. The number of nitrogens with one attached hydrogen (secondary N) is 2. The number of nitrogens with zero attached hydrogens (tertiary/aromatic N) is 6. The maximum absolute atomic E-state index is 12.3. The molecule has 0 saturated carbocycles. The van der Waals surface area contributed by atoms with E-state index < -0.39 is 24.8 Å². The number of amides is 3. The van der Waals surface area contributed by atoms with Crippen LogP contribution >= 0.6 is 0 Å². The first-order valence-corrected chi connectivity index (χ1v) is 11.9. The van der Waals surface area contributed by atoms with Gasteiger partial charge in [-0.15, -0.1) is 0 Å². The second-order valence-electron chi connectivity index (χ2n) is 8.82. The number of carbonyl (C=O) groups excluding carboxylic acids is 1. The molecule has 14 heteroatoms. The number of pyridine rings is 1. The van der Waals surface area contributed by atoms with Gasteiger partial charge in [0.15, 0.2) is 5.65 Å². The number of carboxylic acid groups (broad SMARTS) is 1. The number of hydrogen-bond acceptors (Lipinski definition) is 6. The Morgan fingerprint density at radius 2 is 1.72 bits per heavy atom. The summed E-state index contributed by atoms with van der Waals surface area (Å²) in [6.45, 7) is 0.549. The van der Waals surface area contributed by atoms with Crippen molar-refractivity contribution in [1.29, 1.82) is 0 Å². The molecule has 202 valence electrons.